The quantitative estimate of drug-likeness (QED) is 0.741. The van der Waals surface area contributed by atoms with Gasteiger partial charge >= 0.3 is 12.2 Å². The predicted octanol–water partition coefficient (Wildman–Crippen LogP) is 5.08. The number of carbonyl (C=O) groups excluding carboxylic acids is 1. The number of ether oxygens (including phenoxy) is 1. The number of hydrogen-bond donors (Lipinski definition) is 2. The highest BCUT2D eigenvalue weighted by molar-refractivity contribution is 6.33. The van der Waals surface area contributed by atoms with Gasteiger partial charge in [-0.1, -0.05) is 29.8 Å². The zero-order valence-corrected chi connectivity index (χ0v) is 15.8. The molecule has 2 aromatic rings. The molecule has 2 N–H and O–H groups in total. The van der Waals surface area contributed by atoms with E-state index >= 15 is 0 Å². The minimum atomic E-state index is -0.930. The zero-order valence-electron chi connectivity index (χ0n) is 15.0. The number of nitrogens with zero attached hydrogens (tertiary/aromatic N) is 1. The summed E-state index contributed by atoms with van der Waals surface area (Å²) in [6.45, 7) is 1.06. The van der Waals surface area contributed by atoms with Crippen molar-refractivity contribution in [1.29, 1.82) is 0 Å². The van der Waals surface area contributed by atoms with Crippen LogP contribution in [0.2, 0.25) is 5.02 Å². The van der Waals surface area contributed by atoms with Gasteiger partial charge < -0.3 is 14.7 Å². The molecule has 0 unspecified atom stereocenters. The number of hydrogen-bond acceptors (Lipinski definition) is 3. The van der Waals surface area contributed by atoms with Gasteiger partial charge in [0.05, 0.1) is 12.3 Å². The first-order valence-electron chi connectivity index (χ1n) is 8.90. The van der Waals surface area contributed by atoms with Crippen LogP contribution in [0.4, 0.5) is 19.7 Å². The summed E-state index contributed by atoms with van der Waals surface area (Å²) in [5, 5.41) is 12.0. The summed E-state index contributed by atoms with van der Waals surface area (Å²) in [6, 6.07) is 11.0. The molecular weight excluding hydrogens is 387 g/mol. The van der Waals surface area contributed by atoms with E-state index in [2.05, 4.69) is 5.32 Å². The fourth-order valence-electron chi connectivity index (χ4n) is 3.16. The lowest BCUT2D eigenvalue weighted by atomic mass is 9.98. The summed E-state index contributed by atoms with van der Waals surface area (Å²) < 4.78 is 19.0. The SMILES string of the molecule is O=C(Nc1ccc(F)cc1-c1ccccc1Cl)OCC1CCN(C(=O)O)CC1. The van der Waals surface area contributed by atoms with Crippen LogP contribution in [0.1, 0.15) is 12.8 Å². The Morgan fingerprint density at radius 3 is 2.57 bits per heavy atom. The first-order valence-corrected chi connectivity index (χ1v) is 9.28. The van der Waals surface area contributed by atoms with Gasteiger partial charge in [0.2, 0.25) is 0 Å². The van der Waals surface area contributed by atoms with Crippen molar-refractivity contribution in [3.8, 4) is 11.1 Å². The Morgan fingerprint density at radius 2 is 1.89 bits per heavy atom. The highest BCUT2D eigenvalue weighted by Gasteiger charge is 2.23. The highest BCUT2D eigenvalue weighted by Crippen LogP contribution is 2.34. The van der Waals surface area contributed by atoms with Gasteiger partial charge in [-0.25, -0.2) is 14.0 Å². The van der Waals surface area contributed by atoms with E-state index in [0.717, 1.165) is 0 Å². The number of carboxylic acid groups (broad SMARTS) is 1. The van der Waals surface area contributed by atoms with Crippen molar-refractivity contribution in [3.63, 3.8) is 0 Å². The molecule has 1 saturated heterocycles. The maximum atomic E-state index is 13.7. The lowest BCUT2D eigenvalue weighted by molar-refractivity contribution is 0.0948. The first-order chi connectivity index (χ1) is 13.4. The third-order valence-electron chi connectivity index (χ3n) is 4.72. The molecule has 28 heavy (non-hydrogen) atoms. The number of benzene rings is 2. The molecule has 1 aliphatic rings. The number of anilines is 1. The van der Waals surface area contributed by atoms with Crippen molar-refractivity contribution >= 4 is 29.5 Å². The van der Waals surface area contributed by atoms with Gasteiger partial charge in [-0.2, -0.15) is 0 Å². The van der Waals surface area contributed by atoms with Gasteiger partial charge in [0, 0.05) is 29.2 Å². The van der Waals surface area contributed by atoms with Crippen LogP contribution in [0.5, 0.6) is 0 Å². The van der Waals surface area contributed by atoms with Crippen molar-refractivity contribution < 1.29 is 23.8 Å². The van der Waals surface area contributed by atoms with Gasteiger partial charge in [-0.3, -0.25) is 5.32 Å². The molecule has 6 nitrogen and oxygen atoms in total. The second-order valence-electron chi connectivity index (χ2n) is 6.61. The van der Waals surface area contributed by atoms with Gasteiger partial charge in [-0.15, -0.1) is 0 Å². The van der Waals surface area contributed by atoms with Crippen molar-refractivity contribution in [2.45, 2.75) is 12.8 Å². The highest BCUT2D eigenvalue weighted by atomic mass is 35.5. The molecule has 1 fully saturated rings. The fourth-order valence-corrected chi connectivity index (χ4v) is 3.40. The minimum absolute atomic E-state index is 0.109. The smallest absolute Gasteiger partial charge is 0.411 e. The molecule has 0 saturated carbocycles. The van der Waals surface area contributed by atoms with Crippen LogP contribution < -0.4 is 5.32 Å². The second kappa shape index (κ2) is 8.93. The number of nitrogens with one attached hydrogen (secondary N) is 1. The summed E-state index contributed by atoms with van der Waals surface area (Å²) in [6.07, 6.45) is -0.303. The minimum Gasteiger partial charge on any atom is -0.465 e. The average Bonchev–Trinajstić information content (AvgIpc) is 2.68. The topological polar surface area (TPSA) is 78.9 Å². The Labute approximate surface area is 166 Å². The normalized spacial score (nSPS) is 14.6. The first kappa shape index (κ1) is 19.9. The van der Waals surface area contributed by atoms with Crippen LogP contribution in [-0.4, -0.2) is 41.9 Å². The van der Waals surface area contributed by atoms with Crippen molar-refractivity contribution in [1.82, 2.24) is 4.90 Å². The lowest BCUT2D eigenvalue weighted by Crippen LogP contribution is -2.38. The van der Waals surface area contributed by atoms with E-state index in [4.69, 9.17) is 21.4 Å². The third-order valence-corrected chi connectivity index (χ3v) is 5.05. The van der Waals surface area contributed by atoms with E-state index in [1.807, 2.05) is 0 Å². The Kier molecular flexibility index (Phi) is 6.36. The van der Waals surface area contributed by atoms with Crippen LogP contribution in [-0.2, 0) is 4.74 Å². The molecule has 0 aliphatic carbocycles. The fraction of sp³-hybridized carbons (Fsp3) is 0.300. The van der Waals surface area contributed by atoms with Gasteiger partial charge in [-0.05, 0) is 43.0 Å². The summed E-state index contributed by atoms with van der Waals surface area (Å²) in [5.41, 5.74) is 1.44. The zero-order chi connectivity index (χ0) is 20.1. The molecular formula is C20H20ClFN2O4. The Balaban J connectivity index is 1.62. The predicted molar refractivity (Wildman–Crippen MR) is 104 cm³/mol. The number of carbonyl (C=O) groups is 2. The van der Waals surface area contributed by atoms with E-state index in [1.54, 1.807) is 24.3 Å². The van der Waals surface area contributed by atoms with Crippen LogP contribution in [0, 0.1) is 11.7 Å². The van der Waals surface area contributed by atoms with Gasteiger partial charge in [0.25, 0.3) is 0 Å². The standard InChI is InChI=1S/C20H20ClFN2O4/c21-17-4-2-1-3-15(17)16-11-14(22)5-6-18(16)23-19(25)28-12-13-7-9-24(10-8-13)20(26)27/h1-6,11,13H,7-10,12H2,(H,23,25)(H,26,27). The summed E-state index contributed by atoms with van der Waals surface area (Å²) >= 11 is 6.20. The molecule has 1 aliphatic heterocycles. The molecule has 0 atom stereocenters. The molecule has 0 radical (unpaired) electrons. The molecule has 2 amide bonds. The van der Waals surface area contributed by atoms with E-state index in [9.17, 15) is 14.0 Å². The van der Waals surface area contributed by atoms with Crippen LogP contribution >= 0.6 is 11.6 Å². The molecule has 8 heteroatoms. The van der Waals surface area contributed by atoms with Crippen LogP contribution in [0.25, 0.3) is 11.1 Å². The Hall–Kier alpha value is -2.80. The number of halogens is 2. The maximum absolute atomic E-state index is 13.7. The molecule has 3 rings (SSSR count). The molecule has 0 spiro atoms. The van der Waals surface area contributed by atoms with Gasteiger partial charge in [0.1, 0.15) is 5.82 Å². The lowest BCUT2D eigenvalue weighted by Gasteiger charge is -2.29. The van der Waals surface area contributed by atoms with E-state index in [1.165, 1.54) is 23.1 Å². The summed E-state index contributed by atoms with van der Waals surface area (Å²) in [5.74, 6) is -0.336. The van der Waals surface area contributed by atoms with E-state index in [0.29, 0.717) is 47.8 Å². The van der Waals surface area contributed by atoms with Crippen molar-refractivity contribution in [2.75, 3.05) is 25.0 Å². The summed E-state index contributed by atoms with van der Waals surface area (Å²) in [7, 11) is 0. The molecule has 0 bridgehead atoms. The Bertz CT molecular complexity index is 869. The molecule has 2 aromatic carbocycles. The Morgan fingerprint density at radius 1 is 1.18 bits per heavy atom. The van der Waals surface area contributed by atoms with Crippen LogP contribution in [0.3, 0.4) is 0 Å². The molecule has 1 heterocycles. The van der Waals surface area contributed by atoms with Crippen molar-refractivity contribution in [2.24, 2.45) is 5.92 Å². The number of amides is 2. The molecule has 148 valence electrons. The maximum Gasteiger partial charge on any atom is 0.411 e. The van der Waals surface area contributed by atoms with Gasteiger partial charge in [0.15, 0.2) is 0 Å². The number of rotatable bonds is 4. The third kappa shape index (κ3) is 4.92. The molecule has 0 aromatic heterocycles. The summed E-state index contributed by atoms with van der Waals surface area (Å²) in [4.78, 5) is 24.5. The van der Waals surface area contributed by atoms with Crippen LogP contribution in [0.15, 0.2) is 42.5 Å². The second-order valence-corrected chi connectivity index (χ2v) is 7.01. The number of piperidine rings is 1. The largest absolute Gasteiger partial charge is 0.465 e. The monoisotopic (exact) mass is 406 g/mol. The van der Waals surface area contributed by atoms with E-state index < -0.39 is 18.0 Å². The van der Waals surface area contributed by atoms with Crippen molar-refractivity contribution in [3.05, 3.63) is 53.3 Å². The average molecular weight is 407 g/mol. The number of likely N-dealkylation sites (tertiary alicyclic amines) is 1. The van der Waals surface area contributed by atoms with E-state index in [-0.39, 0.29) is 12.5 Å².